The number of rotatable bonds is 8. The van der Waals surface area contributed by atoms with E-state index in [0.717, 1.165) is 6.54 Å². The fourth-order valence-electron chi connectivity index (χ4n) is 1.20. The van der Waals surface area contributed by atoms with Gasteiger partial charge in [0.05, 0.1) is 0 Å². The Bertz CT molecular complexity index is 129. The van der Waals surface area contributed by atoms with Gasteiger partial charge in [-0.2, -0.15) is 0 Å². The lowest BCUT2D eigenvalue weighted by atomic mass is 10.8. The third kappa shape index (κ3) is 3.66. The summed E-state index contributed by atoms with van der Waals surface area (Å²) in [5.74, 6) is 0. The highest BCUT2D eigenvalue weighted by atomic mass is 28.4. The van der Waals surface area contributed by atoms with Crippen molar-refractivity contribution < 1.29 is 13.3 Å². The molecule has 0 aromatic rings. The molecule has 0 spiro atoms. The molecule has 0 bridgehead atoms. The second-order valence-electron chi connectivity index (χ2n) is 2.84. The molecule has 0 amide bonds. The van der Waals surface area contributed by atoms with Crippen LogP contribution in [0.3, 0.4) is 0 Å². The molecule has 0 saturated carbocycles. The van der Waals surface area contributed by atoms with Gasteiger partial charge in [0.1, 0.15) is 0 Å². The van der Waals surface area contributed by atoms with Crippen LogP contribution in [0, 0.1) is 0 Å². The molecule has 14 heavy (non-hydrogen) atoms. The molecule has 4 nitrogen and oxygen atoms in total. The van der Waals surface area contributed by atoms with E-state index in [2.05, 4.69) is 6.92 Å². The first-order valence-corrected chi connectivity index (χ1v) is 6.97. The van der Waals surface area contributed by atoms with E-state index in [-0.39, 0.29) is 0 Å². The average Bonchev–Trinajstić information content (AvgIpc) is 2.17. The highest BCUT2D eigenvalue weighted by Crippen LogP contribution is 2.13. The van der Waals surface area contributed by atoms with Crippen LogP contribution in [0.25, 0.3) is 0 Å². The predicted molar refractivity (Wildman–Crippen MR) is 58.9 cm³/mol. The van der Waals surface area contributed by atoms with Crippen LogP contribution in [-0.2, 0) is 13.3 Å². The summed E-state index contributed by atoms with van der Waals surface area (Å²) < 4.78 is 19.1. The highest BCUT2D eigenvalue weighted by Gasteiger charge is 2.45. The zero-order chi connectivity index (χ0) is 11.0. The van der Waals surface area contributed by atoms with Crippen LogP contribution in [0.2, 0.25) is 0 Å². The smallest absolute Gasteiger partial charge is 0.361 e. The Balaban J connectivity index is 4.53. The summed E-state index contributed by atoms with van der Waals surface area (Å²) in [7, 11) is -0.586. The number of nitrogens with zero attached hydrogens (tertiary/aromatic N) is 1. The Morgan fingerprint density at radius 2 is 1.21 bits per heavy atom. The zero-order valence-electron chi connectivity index (χ0n) is 10.0. The Morgan fingerprint density at radius 1 is 0.857 bits per heavy atom. The molecular formula is C9H23NO3Si. The topological polar surface area (TPSA) is 30.9 Å². The maximum Gasteiger partial charge on any atom is 0.599 e. The van der Waals surface area contributed by atoms with Crippen LogP contribution in [0.1, 0.15) is 27.7 Å². The molecule has 0 heterocycles. The van der Waals surface area contributed by atoms with Gasteiger partial charge >= 0.3 is 8.97 Å². The molecule has 0 atom stereocenters. The third-order valence-corrected chi connectivity index (χ3v) is 5.13. The van der Waals surface area contributed by atoms with Gasteiger partial charge in [-0.3, -0.25) is 4.57 Å². The third-order valence-electron chi connectivity index (χ3n) is 1.92. The van der Waals surface area contributed by atoms with Crippen molar-refractivity contribution in [2.45, 2.75) is 27.7 Å². The van der Waals surface area contributed by atoms with Crippen LogP contribution >= 0.6 is 0 Å². The van der Waals surface area contributed by atoms with Crippen LogP contribution in [0.4, 0.5) is 0 Å². The Labute approximate surface area is 88.6 Å². The van der Waals surface area contributed by atoms with E-state index in [1.165, 1.54) is 0 Å². The first-order chi connectivity index (χ1) is 6.66. The molecule has 0 aliphatic heterocycles. The zero-order valence-corrected chi connectivity index (χ0v) is 11.0. The minimum absolute atomic E-state index is 0.622. The molecule has 0 N–H and O–H groups in total. The predicted octanol–water partition coefficient (Wildman–Crippen LogP) is 1.48. The summed E-state index contributed by atoms with van der Waals surface area (Å²) in [5.41, 5.74) is 0. The fourth-order valence-corrected chi connectivity index (χ4v) is 3.59. The molecule has 0 aromatic heterocycles. The monoisotopic (exact) mass is 221 g/mol. The van der Waals surface area contributed by atoms with Crippen molar-refractivity contribution in [1.82, 2.24) is 4.57 Å². The Kier molecular flexibility index (Phi) is 7.39. The van der Waals surface area contributed by atoms with Crippen molar-refractivity contribution in [3.05, 3.63) is 0 Å². The van der Waals surface area contributed by atoms with Gasteiger partial charge in [0.25, 0.3) is 0 Å². The lowest BCUT2D eigenvalue weighted by Crippen LogP contribution is -2.59. The molecule has 0 radical (unpaired) electrons. The normalized spacial score (nSPS) is 12.4. The standard InChI is InChI=1S/C9H23NO3Si/c1-6-10(5)14(11-7-2,12-8-3)13-9-4/h6-9H2,1-5H3. The second kappa shape index (κ2) is 7.36. The lowest BCUT2D eigenvalue weighted by molar-refractivity contribution is 0.0250. The van der Waals surface area contributed by atoms with Crippen LogP contribution < -0.4 is 0 Å². The maximum absolute atomic E-state index is 5.68. The molecule has 0 aromatic carbocycles. The minimum Gasteiger partial charge on any atom is -0.361 e. The Hall–Kier alpha value is 0.0569. The SMILES string of the molecule is CCO[Si](OCC)(OCC)N(C)CC. The van der Waals surface area contributed by atoms with Crippen molar-refractivity contribution in [1.29, 1.82) is 0 Å². The Morgan fingerprint density at radius 3 is 1.43 bits per heavy atom. The van der Waals surface area contributed by atoms with E-state index in [1.807, 2.05) is 32.4 Å². The summed E-state index contributed by atoms with van der Waals surface area (Å²) in [6, 6.07) is 0. The van der Waals surface area contributed by atoms with E-state index in [9.17, 15) is 0 Å². The molecule has 5 heteroatoms. The lowest BCUT2D eigenvalue weighted by Gasteiger charge is -2.34. The van der Waals surface area contributed by atoms with Crippen molar-refractivity contribution >= 4 is 8.97 Å². The van der Waals surface area contributed by atoms with Gasteiger partial charge in [0.2, 0.25) is 0 Å². The van der Waals surface area contributed by atoms with E-state index in [1.54, 1.807) is 0 Å². The number of hydrogen-bond acceptors (Lipinski definition) is 4. The van der Waals surface area contributed by atoms with E-state index < -0.39 is 8.97 Å². The molecule has 86 valence electrons. The van der Waals surface area contributed by atoms with Crippen molar-refractivity contribution in [3.8, 4) is 0 Å². The molecule has 0 aliphatic carbocycles. The molecular weight excluding hydrogens is 198 g/mol. The maximum atomic E-state index is 5.68. The van der Waals surface area contributed by atoms with Gasteiger partial charge in [-0.1, -0.05) is 6.92 Å². The van der Waals surface area contributed by atoms with Crippen LogP contribution in [-0.4, -0.2) is 46.9 Å². The van der Waals surface area contributed by atoms with Gasteiger partial charge in [0, 0.05) is 19.8 Å². The molecule has 0 rings (SSSR count). The van der Waals surface area contributed by atoms with Crippen LogP contribution in [0.5, 0.6) is 0 Å². The molecule has 0 aliphatic rings. The minimum atomic E-state index is -2.57. The fraction of sp³-hybridized carbons (Fsp3) is 1.00. The highest BCUT2D eigenvalue weighted by molar-refractivity contribution is 6.57. The number of hydrogen-bond donors (Lipinski definition) is 0. The summed E-state index contributed by atoms with van der Waals surface area (Å²) in [5, 5.41) is 0. The van der Waals surface area contributed by atoms with E-state index in [0.29, 0.717) is 19.8 Å². The second-order valence-corrected chi connectivity index (χ2v) is 5.51. The van der Waals surface area contributed by atoms with Gasteiger partial charge < -0.3 is 13.3 Å². The van der Waals surface area contributed by atoms with Crippen molar-refractivity contribution in [2.24, 2.45) is 0 Å². The summed E-state index contributed by atoms with van der Waals surface area (Å²) in [4.78, 5) is 0. The summed E-state index contributed by atoms with van der Waals surface area (Å²) in [6.07, 6.45) is 0. The quantitative estimate of drug-likeness (QED) is 0.581. The molecule has 0 fully saturated rings. The largest absolute Gasteiger partial charge is 0.599 e. The van der Waals surface area contributed by atoms with Crippen molar-refractivity contribution in [3.63, 3.8) is 0 Å². The van der Waals surface area contributed by atoms with Crippen molar-refractivity contribution in [2.75, 3.05) is 33.4 Å². The first-order valence-electron chi connectivity index (χ1n) is 5.29. The molecule has 0 unspecified atom stereocenters. The summed E-state index contributed by atoms with van der Waals surface area (Å²) in [6.45, 7) is 10.7. The first kappa shape index (κ1) is 14.1. The van der Waals surface area contributed by atoms with E-state index >= 15 is 0 Å². The summed E-state index contributed by atoms with van der Waals surface area (Å²) >= 11 is 0. The van der Waals surface area contributed by atoms with Crippen LogP contribution in [0.15, 0.2) is 0 Å². The van der Waals surface area contributed by atoms with E-state index in [4.69, 9.17) is 13.3 Å². The van der Waals surface area contributed by atoms with Gasteiger partial charge in [-0.15, -0.1) is 0 Å². The average molecular weight is 221 g/mol. The van der Waals surface area contributed by atoms with Gasteiger partial charge in [0.15, 0.2) is 0 Å². The van der Waals surface area contributed by atoms with Gasteiger partial charge in [-0.25, -0.2) is 0 Å². The van der Waals surface area contributed by atoms with Gasteiger partial charge in [-0.05, 0) is 34.4 Å². The molecule has 0 saturated heterocycles.